The van der Waals surface area contributed by atoms with Crippen molar-refractivity contribution in [2.75, 3.05) is 11.6 Å². The van der Waals surface area contributed by atoms with Crippen LogP contribution in [0.5, 0.6) is 0 Å². The fourth-order valence-electron chi connectivity index (χ4n) is 2.05. The van der Waals surface area contributed by atoms with E-state index in [1.165, 1.54) is 12.3 Å². The Morgan fingerprint density at radius 3 is 2.48 bits per heavy atom. The van der Waals surface area contributed by atoms with Crippen LogP contribution in [0.2, 0.25) is 0 Å². The van der Waals surface area contributed by atoms with Crippen LogP contribution in [0.3, 0.4) is 0 Å². The molecular formula is C16H18FNO2S. The zero-order chi connectivity index (χ0) is 15.6. The highest BCUT2D eigenvalue weighted by molar-refractivity contribution is 7.90. The predicted molar refractivity (Wildman–Crippen MR) is 82.8 cm³/mol. The highest BCUT2D eigenvalue weighted by Gasteiger charge is 2.10. The average Bonchev–Trinajstić information content (AvgIpc) is 2.40. The van der Waals surface area contributed by atoms with Gasteiger partial charge in [-0.15, -0.1) is 0 Å². The van der Waals surface area contributed by atoms with Crippen LogP contribution in [-0.2, 0) is 16.4 Å². The van der Waals surface area contributed by atoms with Crippen LogP contribution in [0.15, 0.2) is 41.3 Å². The molecule has 0 saturated heterocycles. The van der Waals surface area contributed by atoms with Gasteiger partial charge in [-0.2, -0.15) is 0 Å². The summed E-state index contributed by atoms with van der Waals surface area (Å²) in [6, 6.07) is 9.82. The molecule has 0 spiro atoms. The number of benzene rings is 2. The molecule has 0 unspecified atom stereocenters. The lowest BCUT2D eigenvalue weighted by atomic mass is 10.1. The van der Waals surface area contributed by atoms with E-state index >= 15 is 0 Å². The van der Waals surface area contributed by atoms with Gasteiger partial charge in [0, 0.05) is 24.1 Å². The Kier molecular flexibility index (Phi) is 4.32. The lowest BCUT2D eigenvalue weighted by Gasteiger charge is -2.12. The summed E-state index contributed by atoms with van der Waals surface area (Å²) in [5.74, 6) is -0.273. The minimum absolute atomic E-state index is 0.250. The molecule has 3 nitrogen and oxygen atoms in total. The number of rotatable bonds is 4. The lowest BCUT2D eigenvalue weighted by Crippen LogP contribution is -2.05. The number of aryl methyl sites for hydroxylation is 2. The number of sulfone groups is 1. The monoisotopic (exact) mass is 307 g/mol. The van der Waals surface area contributed by atoms with Crippen molar-refractivity contribution < 1.29 is 12.8 Å². The molecule has 0 bridgehead atoms. The molecule has 112 valence electrons. The van der Waals surface area contributed by atoms with Gasteiger partial charge in [0.05, 0.1) is 4.90 Å². The maximum Gasteiger partial charge on any atom is 0.175 e. The SMILES string of the molecule is Cc1ccc(F)c(CNc2cc(S(C)(=O)=O)ccc2C)c1. The Hall–Kier alpha value is -1.88. The van der Waals surface area contributed by atoms with Crippen molar-refractivity contribution in [3.05, 3.63) is 58.9 Å². The zero-order valence-corrected chi connectivity index (χ0v) is 13.1. The molecule has 1 N–H and O–H groups in total. The third-order valence-electron chi connectivity index (χ3n) is 3.31. The molecule has 0 aliphatic carbocycles. The second-order valence-electron chi connectivity index (χ2n) is 5.20. The minimum atomic E-state index is -3.25. The molecule has 2 aromatic carbocycles. The van der Waals surface area contributed by atoms with Crippen molar-refractivity contribution in [1.82, 2.24) is 0 Å². The Bertz CT molecular complexity index is 770. The van der Waals surface area contributed by atoms with Gasteiger partial charge >= 0.3 is 0 Å². The molecule has 0 aromatic heterocycles. The first kappa shape index (κ1) is 15.5. The van der Waals surface area contributed by atoms with Crippen molar-refractivity contribution in [3.63, 3.8) is 0 Å². The van der Waals surface area contributed by atoms with Gasteiger partial charge in [0.1, 0.15) is 5.82 Å². The Balaban J connectivity index is 2.26. The van der Waals surface area contributed by atoms with Gasteiger partial charge in [0.2, 0.25) is 0 Å². The van der Waals surface area contributed by atoms with E-state index in [2.05, 4.69) is 5.32 Å². The zero-order valence-electron chi connectivity index (χ0n) is 12.3. The molecule has 0 aliphatic rings. The summed E-state index contributed by atoms with van der Waals surface area (Å²) in [6.07, 6.45) is 1.17. The normalized spacial score (nSPS) is 11.4. The number of nitrogens with one attached hydrogen (secondary N) is 1. The van der Waals surface area contributed by atoms with Gasteiger partial charge in [-0.3, -0.25) is 0 Å². The molecule has 0 aliphatic heterocycles. The summed E-state index contributed by atoms with van der Waals surface area (Å²) in [4.78, 5) is 0.250. The molecule has 2 rings (SSSR count). The number of hydrogen-bond donors (Lipinski definition) is 1. The molecule has 2 aromatic rings. The van der Waals surface area contributed by atoms with Gasteiger partial charge in [-0.1, -0.05) is 23.8 Å². The molecule has 0 fully saturated rings. The molecule has 0 amide bonds. The topological polar surface area (TPSA) is 46.2 Å². The number of halogens is 1. The van der Waals surface area contributed by atoms with E-state index in [9.17, 15) is 12.8 Å². The van der Waals surface area contributed by atoms with Gasteiger partial charge in [-0.05, 0) is 37.6 Å². The van der Waals surface area contributed by atoms with Crippen molar-refractivity contribution in [1.29, 1.82) is 0 Å². The van der Waals surface area contributed by atoms with E-state index in [-0.39, 0.29) is 10.7 Å². The summed E-state index contributed by atoms with van der Waals surface area (Å²) >= 11 is 0. The second-order valence-corrected chi connectivity index (χ2v) is 7.21. The van der Waals surface area contributed by atoms with Crippen LogP contribution in [0, 0.1) is 19.7 Å². The third-order valence-corrected chi connectivity index (χ3v) is 4.42. The summed E-state index contributed by atoms with van der Waals surface area (Å²) < 4.78 is 36.9. The standard InChI is InChI=1S/C16H18FNO2S/c1-11-4-7-15(17)13(8-11)10-18-16-9-14(21(3,19)20)6-5-12(16)2/h4-9,18H,10H2,1-3H3. The summed E-state index contributed by atoms with van der Waals surface area (Å²) in [6.45, 7) is 4.08. The van der Waals surface area contributed by atoms with Crippen molar-refractivity contribution in [3.8, 4) is 0 Å². The van der Waals surface area contributed by atoms with Crippen LogP contribution in [0.4, 0.5) is 10.1 Å². The highest BCUT2D eigenvalue weighted by atomic mass is 32.2. The lowest BCUT2D eigenvalue weighted by molar-refractivity contribution is 0.601. The quantitative estimate of drug-likeness (QED) is 0.941. The number of anilines is 1. The van der Waals surface area contributed by atoms with E-state index in [1.54, 1.807) is 30.3 Å². The third kappa shape index (κ3) is 3.82. The van der Waals surface area contributed by atoms with Crippen LogP contribution in [0.1, 0.15) is 16.7 Å². The maximum absolute atomic E-state index is 13.7. The van der Waals surface area contributed by atoms with E-state index in [0.29, 0.717) is 17.8 Å². The molecule has 21 heavy (non-hydrogen) atoms. The Morgan fingerprint density at radius 1 is 1.10 bits per heavy atom. The average molecular weight is 307 g/mol. The summed E-state index contributed by atoms with van der Waals surface area (Å²) in [7, 11) is -3.25. The molecule has 0 radical (unpaired) electrons. The number of hydrogen-bond acceptors (Lipinski definition) is 3. The van der Waals surface area contributed by atoms with Crippen molar-refractivity contribution in [2.45, 2.75) is 25.3 Å². The highest BCUT2D eigenvalue weighted by Crippen LogP contribution is 2.21. The Morgan fingerprint density at radius 2 is 1.81 bits per heavy atom. The fraction of sp³-hybridized carbons (Fsp3) is 0.250. The van der Waals surface area contributed by atoms with Crippen molar-refractivity contribution >= 4 is 15.5 Å². The molecule has 0 saturated carbocycles. The predicted octanol–water partition coefficient (Wildman–Crippen LogP) is 3.46. The maximum atomic E-state index is 13.7. The first-order valence-electron chi connectivity index (χ1n) is 6.57. The Labute approximate surface area is 124 Å². The first-order valence-corrected chi connectivity index (χ1v) is 8.46. The van der Waals surface area contributed by atoms with Crippen molar-refractivity contribution in [2.24, 2.45) is 0 Å². The van der Waals surface area contributed by atoms with Gasteiger partial charge in [-0.25, -0.2) is 12.8 Å². The van der Waals surface area contributed by atoms with Gasteiger partial charge in [0.25, 0.3) is 0 Å². The summed E-state index contributed by atoms with van der Waals surface area (Å²) in [5.41, 5.74) is 3.14. The van der Waals surface area contributed by atoms with Crippen LogP contribution >= 0.6 is 0 Å². The van der Waals surface area contributed by atoms with E-state index < -0.39 is 9.84 Å². The molecule has 5 heteroatoms. The smallest absolute Gasteiger partial charge is 0.175 e. The van der Waals surface area contributed by atoms with Crippen LogP contribution < -0.4 is 5.32 Å². The first-order chi connectivity index (χ1) is 9.77. The van der Waals surface area contributed by atoms with Crippen LogP contribution in [0.25, 0.3) is 0 Å². The van der Waals surface area contributed by atoms with Gasteiger partial charge < -0.3 is 5.32 Å². The summed E-state index contributed by atoms with van der Waals surface area (Å²) in [5, 5.41) is 3.11. The minimum Gasteiger partial charge on any atom is -0.381 e. The molecular weight excluding hydrogens is 289 g/mol. The fourth-order valence-corrected chi connectivity index (χ4v) is 2.70. The van der Waals surface area contributed by atoms with Crippen LogP contribution in [-0.4, -0.2) is 14.7 Å². The van der Waals surface area contributed by atoms with E-state index in [4.69, 9.17) is 0 Å². The molecule has 0 heterocycles. The van der Waals surface area contributed by atoms with E-state index in [1.807, 2.05) is 13.8 Å². The van der Waals surface area contributed by atoms with Gasteiger partial charge in [0.15, 0.2) is 9.84 Å². The molecule has 0 atom stereocenters. The second kappa shape index (κ2) is 5.85. The largest absolute Gasteiger partial charge is 0.381 e. The van der Waals surface area contributed by atoms with E-state index in [0.717, 1.165) is 11.1 Å².